The van der Waals surface area contributed by atoms with Crippen LogP contribution in [-0.2, 0) is 13.5 Å². The molecule has 0 amide bonds. The molecule has 0 saturated carbocycles. The Morgan fingerprint density at radius 3 is 2.86 bits per heavy atom. The van der Waals surface area contributed by atoms with Crippen molar-refractivity contribution >= 4 is 11.9 Å². The van der Waals surface area contributed by atoms with Crippen molar-refractivity contribution < 1.29 is 0 Å². The fraction of sp³-hybridized carbons (Fsp3) is 0.273. The van der Waals surface area contributed by atoms with Gasteiger partial charge in [0.1, 0.15) is 12.7 Å². The number of aryl methyl sites for hydroxylation is 1. The van der Waals surface area contributed by atoms with Crippen LogP contribution in [0.3, 0.4) is 0 Å². The molecular weight excluding hydrogens is 272 g/mol. The van der Waals surface area contributed by atoms with Gasteiger partial charge >= 0.3 is 0 Å². The minimum absolute atomic E-state index is 0.124. The van der Waals surface area contributed by atoms with Gasteiger partial charge in [0.25, 0.3) is 5.95 Å². The van der Waals surface area contributed by atoms with Crippen molar-refractivity contribution in [3.63, 3.8) is 0 Å². The van der Waals surface area contributed by atoms with Crippen molar-refractivity contribution in [2.24, 2.45) is 7.05 Å². The van der Waals surface area contributed by atoms with Crippen LogP contribution in [0.5, 0.6) is 0 Å². The molecule has 3 aromatic rings. The summed E-state index contributed by atoms with van der Waals surface area (Å²) in [6, 6.07) is 1.96. The smallest absolute Gasteiger partial charge is 0.258 e. The summed E-state index contributed by atoms with van der Waals surface area (Å²) in [4.78, 5) is 16.1. The molecule has 3 aromatic heterocycles. The van der Waals surface area contributed by atoms with Gasteiger partial charge in [0.2, 0.25) is 11.9 Å². The Balaban J connectivity index is 1.69. The molecular formula is C11H14N10. The highest BCUT2D eigenvalue weighted by molar-refractivity contribution is 5.34. The van der Waals surface area contributed by atoms with E-state index >= 15 is 0 Å². The Hall–Kier alpha value is -3.04. The minimum atomic E-state index is 0.124. The number of hydrogen-bond donors (Lipinski definition) is 2. The van der Waals surface area contributed by atoms with Crippen molar-refractivity contribution in [3.8, 4) is 5.95 Å². The van der Waals surface area contributed by atoms with Crippen LogP contribution in [0.1, 0.15) is 5.69 Å². The van der Waals surface area contributed by atoms with Gasteiger partial charge in [-0.2, -0.15) is 29.8 Å². The Kier molecular flexibility index (Phi) is 3.41. The molecule has 0 fully saturated rings. The van der Waals surface area contributed by atoms with Gasteiger partial charge in [-0.05, 0) is 6.07 Å². The zero-order chi connectivity index (χ0) is 14.7. The summed E-state index contributed by atoms with van der Waals surface area (Å²) in [5.41, 5.74) is 6.79. The first-order chi connectivity index (χ1) is 10.2. The molecule has 0 atom stereocenters. The predicted molar refractivity (Wildman–Crippen MR) is 74.6 cm³/mol. The normalized spacial score (nSPS) is 10.7. The number of nitrogens with zero attached hydrogens (tertiary/aromatic N) is 8. The molecule has 3 heterocycles. The average Bonchev–Trinajstić information content (AvgIpc) is 3.10. The highest BCUT2D eigenvalue weighted by atomic mass is 15.4. The van der Waals surface area contributed by atoms with Crippen molar-refractivity contribution in [1.82, 2.24) is 39.5 Å². The fourth-order valence-corrected chi connectivity index (χ4v) is 1.82. The van der Waals surface area contributed by atoms with E-state index in [0.717, 1.165) is 12.1 Å². The van der Waals surface area contributed by atoms with Crippen molar-refractivity contribution in [3.05, 3.63) is 30.6 Å². The van der Waals surface area contributed by atoms with Crippen molar-refractivity contribution in [2.75, 3.05) is 17.6 Å². The van der Waals surface area contributed by atoms with E-state index in [1.54, 1.807) is 6.20 Å². The first-order valence-electron chi connectivity index (χ1n) is 6.29. The van der Waals surface area contributed by atoms with Crippen LogP contribution >= 0.6 is 0 Å². The fourth-order valence-electron chi connectivity index (χ4n) is 1.82. The van der Waals surface area contributed by atoms with Crippen LogP contribution < -0.4 is 11.1 Å². The molecule has 0 aromatic carbocycles. The summed E-state index contributed by atoms with van der Waals surface area (Å²) < 4.78 is 3.24. The molecule has 0 spiro atoms. The molecule has 3 N–H and O–H groups in total. The third-order valence-corrected chi connectivity index (χ3v) is 2.85. The molecule has 10 nitrogen and oxygen atoms in total. The van der Waals surface area contributed by atoms with Crippen LogP contribution in [0.25, 0.3) is 5.95 Å². The first kappa shape index (κ1) is 13.0. The molecule has 0 bridgehead atoms. The number of nitrogens with one attached hydrogen (secondary N) is 1. The van der Waals surface area contributed by atoms with Crippen LogP contribution in [0.15, 0.2) is 24.9 Å². The topological polar surface area (TPSA) is 125 Å². The SMILES string of the molecule is Cn1nccc1CCNc1nc(N)nc(-n2cncn2)n1. The lowest BCUT2D eigenvalue weighted by Gasteiger charge is -2.07. The van der Waals surface area contributed by atoms with E-state index in [1.807, 2.05) is 17.8 Å². The van der Waals surface area contributed by atoms with Gasteiger partial charge < -0.3 is 11.1 Å². The molecule has 0 aliphatic heterocycles. The van der Waals surface area contributed by atoms with E-state index in [4.69, 9.17) is 5.73 Å². The van der Waals surface area contributed by atoms with Crippen LogP contribution in [0.2, 0.25) is 0 Å². The lowest BCUT2D eigenvalue weighted by Crippen LogP contribution is -2.14. The summed E-state index contributed by atoms with van der Waals surface area (Å²) in [5, 5.41) is 11.2. The Morgan fingerprint density at radius 2 is 2.14 bits per heavy atom. The largest absolute Gasteiger partial charge is 0.368 e. The Labute approximate surface area is 120 Å². The standard InChI is InChI=1S/C11H14N10/c1-20-8(3-5-15-20)2-4-14-10-17-9(12)18-11(19-10)21-7-13-6-16-21/h3,5-7H,2,4H2,1H3,(H3,12,14,17,18,19). The van der Waals surface area contributed by atoms with E-state index < -0.39 is 0 Å². The third-order valence-electron chi connectivity index (χ3n) is 2.85. The lowest BCUT2D eigenvalue weighted by molar-refractivity contribution is 0.710. The van der Waals surface area contributed by atoms with Gasteiger partial charge in [0.05, 0.1) is 0 Å². The summed E-state index contributed by atoms with van der Waals surface area (Å²) in [6.07, 6.45) is 5.45. The van der Waals surface area contributed by atoms with Gasteiger partial charge in [0.15, 0.2) is 0 Å². The Bertz CT molecular complexity index is 716. The maximum Gasteiger partial charge on any atom is 0.258 e. The molecule has 0 aliphatic carbocycles. The van der Waals surface area contributed by atoms with Crippen molar-refractivity contribution in [1.29, 1.82) is 0 Å². The second-order valence-electron chi connectivity index (χ2n) is 4.28. The summed E-state index contributed by atoms with van der Waals surface area (Å²) in [7, 11) is 1.90. The van der Waals surface area contributed by atoms with Gasteiger partial charge in [-0.1, -0.05) is 0 Å². The minimum Gasteiger partial charge on any atom is -0.368 e. The van der Waals surface area contributed by atoms with Gasteiger partial charge in [-0.15, -0.1) is 0 Å². The maximum atomic E-state index is 5.68. The summed E-state index contributed by atoms with van der Waals surface area (Å²) in [6.45, 7) is 0.653. The highest BCUT2D eigenvalue weighted by Crippen LogP contribution is 2.06. The maximum absolute atomic E-state index is 5.68. The second-order valence-corrected chi connectivity index (χ2v) is 4.28. The molecule has 0 aliphatic rings. The number of nitrogen functional groups attached to an aromatic ring is 1. The van der Waals surface area contributed by atoms with Gasteiger partial charge in [-0.3, -0.25) is 4.68 Å². The average molecular weight is 286 g/mol. The van der Waals surface area contributed by atoms with Gasteiger partial charge in [0, 0.05) is 31.9 Å². The van der Waals surface area contributed by atoms with E-state index in [0.29, 0.717) is 18.4 Å². The lowest BCUT2D eigenvalue weighted by atomic mass is 10.3. The third kappa shape index (κ3) is 2.94. The summed E-state index contributed by atoms with van der Waals surface area (Å²) >= 11 is 0. The molecule has 10 heteroatoms. The number of nitrogens with two attached hydrogens (primary N) is 1. The quantitative estimate of drug-likeness (QED) is 0.638. The molecule has 3 rings (SSSR count). The molecule has 0 saturated heterocycles. The van der Waals surface area contributed by atoms with E-state index in [-0.39, 0.29) is 5.95 Å². The zero-order valence-electron chi connectivity index (χ0n) is 11.4. The molecule has 108 valence electrons. The monoisotopic (exact) mass is 286 g/mol. The van der Waals surface area contributed by atoms with Gasteiger partial charge in [-0.25, -0.2) is 4.98 Å². The van der Waals surface area contributed by atoms with Crippen molar-refractivity contribution in [2.45, 2.75) is 6.42 Å². The number of rotatable bonds is 5. The predicted octanol–water partition coefficient (Wildman–Crippen LogP) is -0.577. The molecule has 0 unspecified atom stereocenters. The highest BCUT2D eigenvalue weighted by Gasteiger charge is 2.07. The van der Waals surface area contributed by atoms with Crippen LogP contribution in [0.4, 0.5) is 11.9 Å². The second kappa shape index (κ2) is 5.53. The number of hydrogen-bond acceptors (Lipinski definition) is 8. The first-order valence-corrected chi connectivity index (χ1v) is 6.29. The summed E-state index contributed by atoms with van der Waals surface area (Å²) in [5.74, 6) is 0.844. The van der Waals surface area contributed by atoms with Crippen LogP contribution in [0, 0.1) is 0 Å². The number of anilines is 2. The van der Waals surface area contributed by atoms with E-state index in [2.05, 4.69) is 35.5 Å². The number of aromatic nitrogens is 8. The van der Waals surface area contributed by atoms with E-state index in [1.165, 1.54) is 17.3 Å². The molecule has 21 heavy (non-hydrogen) atoms. The zero-order valence-corrected chi connectivity index (χ0v) is 11.4. The Morgan fingerprint density at radius 1 is 1.24 bits per heavy atom. The molecule has 0 radical (unpaired) electrons. The van der Waals surface area contributed by atoms with Crippen LogP contribution in [-0.4, -0.2) is 46.0 Å². The van der Waals surface area contributed by atoms with E-state index in [9.17, 15) is 0 Å².